The van der Waals surface area contributed by atoms with Gasteiger partial charge >= 0.3 is 6.09 Å². The van der Waals surface area contributed by atoms with Gasteiger partial charge in [-0.15, -0.1) is 0 Å². The summed E-state index contributed by atoms with van der Waals surface area (Å²) in [6, 6.07) is 1.57. The van der Waals surface area contributed by atoms with Gasteiger partial charge in [0.2, 0.25) is 0 Å². The highest BCUT2D eigenvalue weighted by molar-refractivity contribution is 5.67. The Bertz CT molecular complexity index is 289. The monoisotopic (exact) mass is 255 g/mol. The van der Waals surface area contributed by atoms with Crippen LogP contribution in [0.4, 0.5) is 4.79 Å². The lowest BCUT2D eigenvalue weighted by Crippen LogP contribution is -2.57. The summed E-state index contributed by atoms with van der Waals surface area (Å²) in [4.78, 5) is 11.5. The predicted molar refractivity (Wildman–Crippen MR) is 70.1 cm³/mol. The second kappa shape index (κ2) is 5.45. The van der Waals surface area contributed by atoms with Crippen LogP contribution in [0.5, 0.6) is 0 Å². The van der Waals surface area contributed by atoms with E-state index in [1.165, 1.54) is 19.3 Å². The van der Waals surface area contributed by atoms with E-state index >= 15 is 0 Å². The summed E-state index contributed by atoms with van der Waals surface area (Å²) in [7, 11) is 0. The van der Waals surface area contributed by atoms with Crippen LogP contribution >= 0.6 is 0 Å². The molecule has 0 aliphatic carbocycles. The summed E-state index contributed by atoms with van der Waals surface area (Å²) in [6.07, 6.45) is 5.58. The number of hydrogen-bond acceptors (Lipinski definition) is 4. The first-order valence-corrected chi connectivity index (χ1v) is 6.93. The zero-order valence-electron chi connectivity index (χ0n) is 11.6. The first-order valence-electron chi connectivity index (χ1n) is 6.93. The van der Waals surface area contributed by atoms with Crippen molar-refractivity contribution in [3.8, 4) is 0 Å². The summed E-state index contributed by atoms with van der Waals surface area (Å²) in [6.45, 7) is 5.59. The van der Waals surface area contributed by atoms with Gasteiger partial charge in [-0.25, -0.2) is 10.2 Å². The molecule has 2 rings (SSSR count). The van der Waals surface area contributed by atoms with Crippen LogP contribution in [-0.2, 0) is 4.74 Å². The molecular formula is C13H25N3O2. The first kappa shape index (κ1) is 13.6. The van der Waals surface area contributed by atoms with Crippen LogP contribution in [0.25, 0.3) is 0 Å². The lowest BCUT2D eigenvalue weighted by atomic mass is 9.84. The van der Waals surface area contributed by atoms with E-state index in [2.05, 4.69) is 16.2 Å². The lowest BCUT2D eigenvalue weighted by molar-refractivity contribution is 0.0472. The summed E-state index contributed by atoms with van der Waals surface area (Å²) in [5.74, 6) is 0. The minimum atomic E-state index is -0.448. The number of carbonyl (C=O) groups excluding carboxylic acids is 1. The van der Waals surface area contributed by atoms with Gasteiger partial charge in [-0.2, -0.15) is 0 Å². The molecule has 2 fully saturated rings. The molecule has 0 saturated carbocycles. The smallest absolute Gasteiger partial charge is 0.422 e. The fraction of sp³-hybridized carbons (Fsp3) is 0.923. The molecule has 0 aromatic rings. The highest BCUT2D eigenvalue weighted by atomic mass is 16.6. The fourth-order valence-corrected chi connectivity index (χ4v) is 2.85. The standard InChI is InChI=1S/C13H25N3O2/c1-13(2,3)18-12(17)16-15-11-7-9-5-4-6-10(8-11)14-9/h9-11,14-15H,4-8H2,1-3H3,(H,16,17)/t9-,10-/m1/s1. The van der Waals surface area contributed by atoms with Crippen LogP contribution in [0.1, 0.15) is 52.9 Å². The molecule has 0 unspecified atom stereocenters. The lowest BCUT2D eigenvalue weighted by Gasteiger charge is -2.40. The minimum absolute atomic E-state index is 0.356. The molecule has 2 aliphatic rings. The average Bonchev–Trinajstić information content (AvgIpc) is 2.23. The maximum Gasteiger partial charge on any atom is 0.422 e. The van der Waals surface area contributed by atoms with E-state index < -0.39 is 11.7 Å². The van der Waals surface area contributed by atoms with Crippen LogP contribution in [0, 0.1) is 0 Å². The van der Waals surface area contributed by atoms with Crippen LogP contribution in [-0.4, -0.2) is 29.8 Å². The maximum atomic E-state index is 11.5. The largest absolute Gasteiger partial charge is 0.443 e. The Morgan fingerprint density at radius 2 is 1.83 bits per heavy atom. The SMILES string of the molecule is CC(C)(C)OC(=O)NNC1C[C@H]2CCC[C@H](C1)N2. The number of hydrogen-bond donors (Lipinski definition) is 3. The van der Waals surface area contributed by atoms with Crippen molar-refractivity contribution in [3.05, 3.63) is 0 Å². The molecule has 18 heavy (non-hydrogen) atoms. The molecule has 0 spiro atoms. The van der Waals surface area contributed by atoms with Gasteiger partial charge in [0.1, 0.15) is 5.60 Å². The van der Waals surface area contributed by atoms with Gasteiger partial charge in [0, 0.05) is 18.1 Å². The van der Waals surface area contributed by atoms with E-state index in [1.54, 1.807) is 0 Å². The third-order valence-corrected chi connectivity index (χ3v) is 3.49. The summed E-state index contributed by atoms with van der Waals surface area (Å²) < 4.78 is 5.19. The van der Waals surface area contributed by atoms with Crippen LogP contribution in [0.2, 0.25) is 0 Å². The second-order valence-corrected chi connectivity index (χ2v) is 6.43. The third-order valence-electron chi connectivity index (χ3n) is 3.49. The van der Waals surface area contributed by atoms with Crippen LogP contribution < -0.4 is 16.2 Å². The van der Waals surface area contributed by atoms with E-state index in [1.807, 2.05) is 20.8 Å². The molecule has 104 valence electrons. The molecule has 2 atom stereocenters. The third kappa shape index (κ3) is 4.14. The number of ether oxygens (including phenoxy) is 1. The van der Waals surface area contributed by atoms with Gasteiger partial charge in [0.25, 0.3) is 0 Å². The molecule has 5 heteroatoms. The number of nitrogens with one attached hydrogen (secondary N) is 3. The number of fused-ring (bicyclic) bond motifs is 2. The van der Waals surface area contributed by atoms with Gasteiger partial charge in [0.05, 0.1) is 0 Å². The molecule has 3 N–H and O–H groups in total. The fourth-order valence-electron chi connectivity index (χ4n) is 2.85. The van der Waals surface area contributed by atoms with Gasteiger partial charge in [0.15, 0.2) is 0 Å². The van der Waals surface area contributed by atoms with Gasteiger partial charge in [-0.3, -0.25) is 5.43 Å². The first-order chi connectivity index (χ1) is 8.42. The Balaban J connectivity index is 1.72. The Morgan fingerprint density at radius 3 is 2.39 bits per heavy atom. The zero-order valence-corrected chi connectivity index (χ0v) is 11.6. The second-order valence-electron chi connectivity index (χ2n) is 6.43. The number of carbonyl (C=O) groups is 1. The zero-order chi connectivity index (χ0) is 13.2. The number of amides is 1. The molecule has 2 bridgehead atoms. The average molecular weight is 255 g/mol. The van der Waals surface area contributed by atoms with Crippen molar-refractivity contribution in [3.63, 3.8) is 0 Å². The minimum Gasteiger partial charge on any atom is -0.443 e. The number of hydrazine groups is 1. The Labute approximate surface area is 109 Å². The van der Waals surface area contributed by atoms with E-state index in [0.717, 1.165) is 12.8 Å². The Morgan fingerprint density at radius 1 is 1.22 bits per heavy atom. The van der Waals surface area contributed by atoms with Crippen molar-refractivity contribution in [2.24, 2.45) is 0 Å². The normalized spacial score (nSPS) is 31.8. The predicted octanol–water partition coefficient (Wildman–Crippen LogP) is 1.69. The molecule has 0 radical (unpaired) electrons. The summed E-state index contributed by atoms with van der Waals surface area (Å²) in [5.41, 5.74) is 5.32. The summed E-state index contributed by atoms with van der Waals surface area (Å²) >= 11 is 0. The van der Waals surface area contributed by atoms with Crippen molar-refractivity contribution < 1.29 is 9.53 Å². The summed E-state index contributed by atoms with van der Waals surface area (Å²) in [5, 5.41) is 3.62. The number of rotatable bonds is 2. The maximum absolute atomic E-state index is 11.5. The van der Waals surface area contributed by atoms with E-state index in [4.69, 9.17) is 4.74 Å². The highest BCUT2D eigenvalue weighted by Gasteiger charge is 2.31. The quantitative estimate of drug-likeness (QED) is 0.657. The molecule has 5 nitrogen and oxygen atoms in total. The Kier molecular flexibility index (Phi) is 4.12. The highest BCUT2D eigenvalue weighted by Crippen LogP contribution is 2.25. The van der Waals surface area contributed by atoms with Crippen molar-refractivity contribution in [1.29, 1.82) is 0 Å². The van der Waals surface area contributed by atoms with Crippen molar-refractivity contribution in [1.82, 2.24) is 16.2 Å². The topological polar surface area (TPSA) is 62.4 Å². The molecule has 2 heterocycles. The van der Waals surface area contributed by atoms with E-state index in [0.29, 0.717) is 18.1 Å². The Hall–Kier alpha value is -0.810. The van der Waals surface area contributed by atoms with Gasteiger partial charge < -0.3 is 10.1 Å². The molecular weight excluding hydrogens is 230 g/mol. The molecule has 1 amide bonds. The van der Waals surface area contributed by atoms with E-state index in [-0.39, 0.29) is 0 Å². The van der Waals surface area contributed by atoms with Crippen LogP contribution in [0.3, 0.4) is 0 Å². The molecule has 0 aromatic heterocycles. The van der Waals surface area contributed by atoms with Crippen molar-refractivity contribution >= 4 is 6.09 Å². The van der Waals surface area contributed by atoms with Crippen LogP contribution in [0.15, 0.2) is 0 Å². The van der Waals surface area contributed by atoms with Gasteiger partial charge in [-0.05, 0) is 46.5 Å². The molecule has 0 aromatic carbocycles. The van der Waals surface area contributed by atoms with Gasteiger partial charge in [-0.1, -0.05) is 6.42 Å². The van der Waals surface area contributed by atoms with E-state index in [9.17, 15) is 4.79 Å². The molecule has 2 saturated heterocycles. The molecule has 2 aliphatic heterocycles. The number of piperidine rings is 2. The van der Waals surface area contributed by atoms with Crippen molar-refractivity contribution in [2.75, 3.05) is 0 Å². The van der Waals surface area contributed by atoms with Crippen molar-refractivity contribution in [2.45, 2.75) is 76.6 Å².